The van der Waals surface area contributed by atoms with Crippen LogP contribution < -0.4 is 10.9 Å². The monoisotopic (exact) mass is 462 g/mol. The smallest absolute Gasteiger partial charge is 0.269 e. The van der Waals surface area contributed by atoms with Gasteiger partial charge in [0.15, 0.2) is 0 Å². The molecule has 0 spiro atoms. The quantitative estimate of drug-likeness (QED) is 0.537. The van der Waals surface area contributed by atoms with Crippen molar-refractivity contribution in [3.05, 3.63) is 53.8 Å². The highest BCUT2D eigenvalue weighted by Gasteiger charge is 2.32. The van der Waals surface area contributed by atoms with Crippen LogP contribution in [0.1, 0.15) is 43.0 Å². The molecule has 4 rings (SSSR count). The lowest BCUT2D eigenvalue weighted by Gasteiger charge is -2.34. The number of para-hydroxylation sites is 1. The van der Waals surface area contributed by atoms with Gasteiger partial charge in [0.25, 0.3) is 5.91 Å². The number of nitrogens with one attached hydrogen (secondary N) is 2. The Morgan fingerprint density at radius 3 is 2.71 bits per heavy atom. The molecule has 0 unspecified atom stereocenters. The number of rotatable bonds is 6. The van der Waals surface area contributed by atoms with Crippen LogP contribution in [0.3, 0.4) is 0 Å². The van der Waals surface area contributed by atoms with Crippen molar-refractivity contribution >= 4 is 42.6 Å². The number of hydrazine groups is 1. The number of hydrogen-bond acceptors (Lipinski definition) is 6. The van der Waals surface area contributed by atoms with Crippen LogP contribution >= 0.6 is 11.3 Å². The second-order valence-corrected chi connectivity index (χ2v) is 10.3. The van der Waals surface area contributed by atoms with Gasteiger partial charge < -0.3 is 0 Å². The molecule has 10 heteroatoms. The summed E-state index contributed by atoms with van der Waals surface area (Å²) in [6.45, 7) is 2.52. The Balaban J connectivity index is 1.44. The second-order valence-electron chi connectivity index (χ2n) is 7.38. The van der Waals surface area contributed by atoms with E-state index in [1.807, 2.05) is 6.92 Å². The topological polar surface area (TPSA) is 91.4 Å². The SMILES string of the molecule is CC[C@@H]1CCCCN1S(=O)(=O)c1ccc(C(=O)NNc2nc3c(F)cccc3s2)cc1. The molecule has 0 saturated carbocycles. The maximum atomic E-state index is 13.8. The molecule has 0 aliphatic carbocycles. The molecule has 1 aromatic heterocycles. The minimum absolute atomic E-state index is 0.0181. The molecule has 2 aromatic carbocycles. The molecular weight excluding hydrogens is 439 g/mol. The molecule has 2 N–H and O–H groups in total. The standard InChI is InChI=1S/C21H23FN4O3S2/c1-2-15-6-3-4-13-26(15)31(28,29)16-11-9-14(10-12-16)20(27)24-25-21-23-19-17(22)7-5-8-18(19)30-21/h5,7-12,15H,2-4,6,13H2,1H3,(H,23,25)(H,24,27)/t15-/m1/s1. The first-order valence-electron chi connectivity index (χ1n) is 10.1. The summed E-state index contributed by atoms with van der Waals surface area (Å²) in [6.07, 6.45) is 3.55. The van der Waals surface area contributed by atoms with Crippen LogP contribution in [0.5, 0.6) is 0 Å². The molecule has 1 amide bonds. The van der Waals surface area contributed by atoms with E-state index >= 15 is 0 Å². The first-order chi connectivity index (χ1) is 14.9. The number of aromatic nitrogens is 1. The maximum Gasteiger partial charge on any atom is 0.269 e. The van der Waals surface area contributed by atoms with Gasteiger partial charge in [0, 0.05) is 18.2 Å². The second kappa shape index (κ2) is 8.89. The fourth-order valence-electron chi connectivity index (χ4n) is 3.76. The van der Waals surface area contributed by atoms with Gasteiger partial charge in [-0.3, -0.25) is 15.6 Å². The van der Waals surface area contributed by atoms with Crippen LogP contribution in [0, 0.1) is 5.82 Å². The molecule has 0 bridgehead atoms. The van der Waals surface area contributed by atoms with Crippen LogP contribution in [0.25, 0.3) is 10.2 Å². The maximum absolute atomic E-state index is 13.8. The molecule has 0 radical (unpaired) electrons. The average molecular weight is 463 g/mol. The number of amides is 1. The third kappa shape index (κ3) is 4.41. The predicted octanol–water partition coefficient (Wildman–Crippen LogP) is 4.15. The third-order valence-corrected chi connectivity index (χ3v) is 8.32. The van der Waals surface area contributed by atoms with Crippen molar-refractivity contribution in [1.82, 2.24) is 14.7 Å². The number of anilines is 1. The number of thiazole rings is 1. The van der Waals surface area contributed by atoms with E-state index in [0.29, 0.717) is 21.9 Å². The van der Waals surface area contributed by atoms with E-state index in [9.17, 15) is 17.6 Å². The van der Waals surface area contributed by atoms with E-state index in [4.69, 9.17) is 0 Å². The number of carbonyl (C=O) groups excluding carboxylic acids is 1. The van der Waals surface area contributed by atoms with Gasteiger partial charge in [-0.15, -0.1) is 0 Å². The summed E-state index contributed by atoms with van der Waals surface area (Å²) < 4.78 is 42.1. The molecule has 3 aromatic rings. The normalized spacial score (nSPS) is 17.5. The van der Waals surface area contributed by atoms with Crippen LogP contribution in [0.15, 0.2) is 47.4 Å². The van der Waals surface area contributed by atoms with E-state index in [1.165, 1.54) is 41.7 Å². The number of halogens is 1. The summed E-state index contributed by atoms with van der Waals surface area (Å²) in [7, 11) is -3.60. The highest BCUT2D eigenvalue weighted by atomic mass is 32.2. The van der Waals surface area contributed by atoms with E-state index < -0.39 is 21.7 Å². The molecule has 1 aliphatic heterocycles. The van der Waals surface area contributed by atoms with E-state index in [1.54, 1.807) is 16.4 Å². The van der Waals surface area contributed by atoms with Gasteiger partial charge in [0.1, 0.15) is 11.3 Å². The first kappa shape index (κ1) is 21.7. The van der Waals surface area contributed by atoms with Gasteiger partial charge in [-0.05, 0) is 55.7 Å². The molecule has 1 saturated heterocycles. The number of fused-ring (bicyclic) bond motifs is 1. The zero-order valence-electron chi connectivity index (χ0n) is 17.0. The Labute approximate surface area is 184 Å². The molecule has 1 atom stereocenters. The molecule has 164 valence electrons. The van der Waals surface area contributed by atoms with Crippen LogP contribution in [0.4, 0.5) is 9.52 Å². The van der Waals surface area contributed by atoms with E-state index in [2.05, 4.69) is 15.8 Å². The van der Waals surface area contributed by atoms with Crippen LogP contribution in [0.2, 0.25) is 0 Å². The lowest BCUT2D eigenvalue weighted by Crippen LogP contribution is -2.43. The van der Waals surface area contributed by atoms with Gasteiger partial charge in [-0.2, -0.15) is 4.31 Å². The fraction of sp³-hybridized carbons (Fsp3) is 0.333. The summed E-state index contributed by atoms with van der Waals surface area (Å²) in [5.41, 5.74) is 5.73. The lowest BCUT2D eigenvalue weighted by molar-refractivity contribution is 0.0962. The van der Waals surface area contributed by atoms with Crippen molar-refractivity contribution in [2.24, 2.45) is 0 Å². The highest BCUT2D eigenvalue weighted by Crippen LogP contribution is 2.28. The number of carbonyl (C=O) groups is 1. The van der Waals surface area contributed by atoms with E-state index in [0.717, 1.165) is 25.7 Å². The predicted molar refractivity (Wildman–Crippen MR) is 119 cm³/mol. The molecule has 7 nitrogen and oxygen atoms in total. The van der Waals surface area contributed by atoms with Crippen LogP contribution in [-0.4, -0.2) is 36.2 Å². The lowest BCUT2D eigenvalue weighted by atomic mass is 10.0. The van der Waals surface area contributed by atoms with Crippen LogP contribution in [-0.2, 0) is 10.0 Å². The summed E-state index contributed by atoms with van der Waals surface area (Å²) >= 11 is 1.21. The van der Waals surface area contributed by atoms with Crippen molar-refractivity contribution in [3.63, 3.8) is 0 Å². The number of hydrogen-bond donors (Lipinski definition) is 2. The Kier molecular flexibility index (Phi) is 6.22. The van der Waals surface area contributed by atoms with Crippen molar-refractivity contribution in [3.8, 4) is 0 Å². The zero-order valence-corrected chi connectivity index (χ0v) is 18.6. The number of nitrogens with zero attached hydrogens (tertiary/aromatic N) is 2. The van der Waals surface area contributed by atoms with Crippen molar-refractivity contribution in [2.75, 3.05) is 12.0 Å². The molecular formula is C21H23FN4O3S2. The fourth-order valence-corrected chi connectivity index (χ4v) is 6.36. The largest absolute Gasteiger partial charge is 0.273 e. The Bertz CT molecular complexity index is 1200. The van der Waals surface area contributed by atoms with Crippen molar-refractivity contribution < 1.29 is 17.6 Å². The Hall–Kier alpha value is -2.56. The van der Waals surface area contributed by atoms with Gasteiger partial charge in [-0.1, -0.05) is 30.7 Å². The minimum atomic E-state index is -3.60. The summed E-state index contributed by atoms with van der Waals surface area (Å²) in [5, 5.41) is 0.350. The minimum Gasteiger partial charge on any atom is -0.273 e. The number of piperidine rings is 1. The zero-order chi connectivity index (χ0) is 22.0. The molecule has 31 heavy (non-hydrogen) atoms. The Morgan fingerprint density at radius 1 is 1.23 bits per heavy atom. The first-order valence-corrected chi connectivity index (χ1v) is 12.4. The molecule has 1 aliphatic rings. The Morgan fingerprint density at radius 2 is 2.00 bits per heavy atom. The summed E-state index contributed by atoms with van der Waals surface area (Å²) in [4.78, 5) is 16.7. The molecule has 1 fully saturated rings. The van der Waals surface area contributed by atoms with Gasteiger partial charge in [0.05, 0.1) is 9.60 Å². The average Bonchev–Trinajstić information content (AvgIpc) is 3.22. The number of benzene rings is 2. The van der Waals surface area contributed by atoms with E-state index in [-0.39, 0.29) is 16.5 Å². The molecule has 2 heterocycles. The highest BCUT2D eigenvalue weighted by molar-refractivity contribution is 7.89. The summed E-state index contributed by atoms with van der Waals surface area (Å²) in [5.74, 6) is -0.878. The van der Waals surface area contributed by atoms with Gasteiger partial charge >= 0.3 is 0 Å². The van der Waals surface area contributed by atoms with Crippen molar-refractivity contribution in [2.45, 2.75) is 43.5 Å². The van der Waals surface area contributed by atoms with Gasteiger partial charge in [-0.25, -0.2) is 17.8 Å². The van der Waals surface area contributed by atoms with Gasteiger partial charge in [0.2, 0.25) is 15.2 Å². The number of sulfonamides is 1. The van der Waals surface area contributed by atoms with Crippen molar-refractivity contribution in [1.29, 1.82) is 0 Å². The summed E-state index contributed by atoms with van der Waals surface area (Å²) in [6, 6.07) is 10.6. The third-order valence-electron chi connectivity index (χ3n) is 5.42.